The van der Waals surface area contributed by atoms with Gasteiger partial charge >= 0.3 is 0 Å². The molecule has 126 valence electrons. The van der Waals surface area contributed by atoms with Crippen LogP contribution in [0.25, 0.3) is 49.0 Å². The second-order valence-corrected chi connectivity index (χ2v) is 6.88. The van der Waals surface area contributed by atoms with Crippen LogP contribution in [0.1, 0.15) is 0 Å². The number of para-hydroxylation sites is 1. The summed E-state index contributed by atoms with van der Waals surface area (Å²) in [6.07, 6.45) is 3.87. The number of fused-ring (bicyclic) bond motifs is 8. The minimum atomic E-state index is 1.14. The number of hydrogen-bond donors (Lipinski definition) is 0. The SMILES string of the molecule is c1ccc(-n2c3cnccc3c3c4ccccc4c4ccccc4c32)cc1. The number of pyridine rings is 1. The van der Waals surface area contributed by atoms with Gasteiger partial charge in [0.05, 0.1) is 17.2 Å². The van der Waals surface area contributed by atoms with Crippen LogP contribution >= 0.6 is 0 Å². The van der Waals surface area contributed by atoms with Crippen LogP contribution in [0, 0.1) is 0 Å². The van der Waals surface area contributed by atoms with Crippen LogP contribution in [0.15, 0.2) is 97.3 Å². The molecule has 0 fully saturated rings. The number of aromatic nitrogens is 2. The van der Waals surface area contributed by atoms with E-state index < -0.39 is 0 Å². The summed E-state index contributed by atoms with van der Waals surface area (Å²) in [4.78, 5) is 4.43. The first-order valence-corrected chi connectivity index (χ1v) is 9.16. The van der Waals surface area contributed by atoms with E-state index in [1.165, 1.54) is 37.8 Å². The lowest BCUT2D eigenvalue weighted by molar-refractivity contribution is 1.17. The molecule has 0 amide bonds. The lowest BCUT2D eigenvalue weighted by atomic mass is 9.97. The molecule has 27 heavy (non-hydrogen) atoms. The van der Waals surface area contributed by atoms with Gasteiger partial charge in [0.25, 0.3) is 0 Å². The van der Waals surface area contributed by atoms with Crippen LogP contribution in [0.4, 0.5) is 0 Å². The molecule has 0 aliphatic carbocycles. The third kappa shape index (κ3) is 1.92. The van der Waals surface area contributed by atoms with Crippen LogP contribution in [0.3, 0.4) is 0 Å². The fraction of sp³-hybridized carbons (Fsp3) is 0. The number of benzene rings is 4. The molecule has 6 aromatic rings. The van der Waals surface area contributed by atoms with Gasteiger partial charge in [-0.2, -0.15) is 0 Å². The molecule has 4 aromatic carbocycles. The lowest BCUT2D eigenvalue weighted by Gasteiger charge is -2.11. The van der Waals surface area contributed by atoms with Gasteiger partial charge < -0.3 is 4.57 Å². The molecule has 0 unspecified atom stereocenters. The first-order chi connectivity index (χ1) is 13.4. The second-order valence-electron chi connectivity index (χ2n) is 6.88. The average Bonchev–Trinajstić information content (AvgIpc) is 3.10. The largest absolute Gasteiger partial charge is 0.307 e. The van der Waals surface area contributed by atoms with Crippen molar-refractivity contribution in [2.45, 2.75) is 0 Å². The van der Waals surface area contributed by atoms with Crippen LogP contribution < -0.4 is 0 Å². The summed E-state index contributed by atoms with van der Waals surface area (Å²) in [7, 11) is 0. The van der Waals surface area contributed by atoms with Crippen molar-refractivity contribution in [2.75, 3.05) is 0 Å². The van der Waals surface area contributed by atoms with Crippen molar-refractivity contribution in [1.82, 2.24) is 9.55 Å². The second kappa shape index (κ2) is 5.42. The lowest BCUT2D eigenvalue weighted by Crippen LogP contribution is -1.94. The fourth-order valence-corrected chi connectivity index (χ4v) is 4.37. The molecular weight excluding hydrogens is 328 g/mol. The zero-order chi connectivity index (χ0) is 17.8. The molecule has 0 spiro atoms. The van der Waals surface area contributed by atoms with Crippen LogP contribution in [0.5, 0.6) is 0 Å². The molecular formula is C25H16N2. The monoisotopic (exact) mass is 344 g/mol. The molecule has 6 rings (SSSR count). The zero-order valence-electron chi connectivity index (χ0n) is 14.6. The van der Waals surface area contributed by atoms with Gasteiger partial charge in [-0.25, -0.2) is 0 Å². The van der Waals surface area contributed by atoms with E-state index in [1.54, 1.807) is 0 Å². The highest BCUT2D eigenvalue weighted by Crippen LogP contribution is 2.41. The molecule has 0 atom stereocenters. The Morgan fingerprint density at radius 1 is 0.556 bits per heavy atom. The molecule has 0 radical (unpaired) electrons. The van der Waals surface area contributed by atoms with Gasteiger partial charge in [-0.1, -0.05) is 66.7 Å². The van der Waals surface area contributed by atoms with Crippen molar-refractivity contribution in [3.05, 3.63) is 97.3 Å². The maximum Gasteiger partial charge on any atom is 0.0724 e. The minimum absolute atomic E-state index is 1.14. The van der Waals surface area contributed by atoms with Crippen LogP contribution in [-0.4, -0.2) is 9.55 Å². The maximum absolute atomic E-state index is 4.43. The molecule has 0 aliphatic heterocycles. The quantitative estimate of drug-likeness (QED) is 0.312. The van der Waals surface area contributed by atoms with Crippen molar-refractivity contribution >= 4 is 43.4 Å². The first kappa shape index (κ1) is 14.5. The van der Waals surface area contributed by atoms with Crippen molar-refractivity contribution in [1.29, 1.82) is 0 Å². The molecule has 2 heteroatoms. The van der Waals surface area contributed by atoms with Gasteiger partial charge in [-0.15, -0.1) is 0 Å². The molecule has 0 aliphatic rings. The highest BCUT2D eigenvalue weighted by atomic mass is 15.0. The van der Waals surface area contributed by atoms with Gasteiger partial charge in [0.1, 0.15) is 0 Å². The molecule has 2 aromatic heterocycles. The third-order valence-corrected chi connectivity index (χ3v) is 5.45. The number of rotatable bonds is 1. The van der Waals surface area contributed by atoms with E-state index in [0.717, 1.165) is 11.2 Å². The average molecular weight is 344 g/mol. The Morgan fingerprint density at radius 2 is 1.19 bits per heavy atom. The fourth-order valence-electron chi connectivity index (χ4n) is 4.37. The summed E-state index contributed by atoms with van der Waals surface area (Å²) in [5.74, 6) is 0. The van der Waals surface area contributed by atoms with Crippen molar-refractivity contribution in [3.63, 3.8) is 0 Å². The molecule has 0 saturated heterocycles. The summed E-state index contributed by atoms with van der Waals surface area (Å²) in [5, 5.41) is 7.68. The molecule has 0 N–H and O–H groups in total. The van der Waals surface area contributed by atoms with E-state index in [4.69, 9.17) is 0 Å². The van der Waals surface area contributed by atoms with Crippen molar-refractivity contribution in [2.24, 2.45) is 0 Å². The first-order valence-electron chi connectivity index (χ1n) is 9.16. The summed E-state index contributed by atoms with van der Waals surface area (Å²) >= 11 is 0. The topological polar surface area (TPSA) is 17.8 Å². The van der Waals surface area contributed by atoms with E-state index in [-0.39, 0.29) is 0 Å². The molecule has 0 saturated carbocycles. The third-order valence-electron chi connectivity index (χ3n) is 5.45. The van der Waals surface area contributed by atoms with Gasteiger partial charge in [-0.3, -0.25) is 4.98 Å². The Labute approximate surface area is 156 Å². The number of hydrogen-bond acceptors (Lipinski definition) is 1. The summed E-state index contributed by atoms with van der Waals surface area (Å²) in [6, 6.07) is 30.1. The summed E-state index contributed by atoms with van der Waals surface area (Å²) in [5.41, 5.74) is 3.55. The van der Waals surface area contributed by atoms with E-state index in [2.05, 4.69) is 94.5 Å². The zero-order valence-corrected chi connectivity index (χ0v) is 14.6. The molecule has 2 heterocycles. The predicted octanol–water partition coefficient (Wildman–Crippen LogP) is 6.49. The Kier molecular flexibility index (Phi) is 2.91. The van der Waals surface area contributed by atoms with Gasteiger partial charge in [0, 0.05) is 28.0 Å². The Morgan fingerprint density at radius 3 is 1.96 bits per heavy atom. The number of nitrogens with zero attached hydrogens (tertiary/aromatic N) is 2. The van der Waals surface area contributed by atoms with Gasteiger partial charge in [0.15, 0.2) is 0 Å². The standard InChI is InChI=1S/C25H16N2/c1-2-8-17(9-3-1)27-23-16-26-15-14-22(23)24-20-12-6-4-10-18(20)19-11-5-7-13-21(19)25(24)27/h1-16H. The van der Waals surface area contributed by atoms with Crippen molar-refractivity contribution in [3.8, 4) is 5.69 Å². The smallest absolute Gasteiger partial charge is 0.0724 e. The van der Waals surface area contributed by atoms with Gasteiger partial charge in [0.2, 0.25) is 0 Å². The summed E-state index contributed by atoms with van der Waals surface area (Å²) in [6.45, 7) is 0. The van der Waals surface area contributed by atoms with Crippen LogP contribution in [0.2, 0.25) is 0 Å². The molecule has 2 nitrogen and oxygen atoms in total. The van der Waals surface area contributed by atoms with E-state index >= 15 is 0 Å². The van der Waals surface area contributed by atoms with E-state index in [1.807, 2.05) is 12.4 Å². The maximum atomic E-state index is 4.43. The Balaban J connectivity index is 2.02. The van der Waals surface area contributed by atoms with Crippen molar-refractivity contribution < 1.29 is 0 Å². The van der Waals surface area contributed by atoms with E-state index in [9.17, 15) is 0 Å². The Bertz CT molecular complexity index is 1460. The highest BCUT2D eigenvalue weighted by molar-refractivity contribution is 6.31. The normalized spacial score (nSPS) is 11.7. The highest BCUT2D eigenvalue weighted by Gasteiger charge is 2.18. The Hall–Kier alpha value is -3.65. The van der Waals surface area contributed by atoms with E-state index in [0.29, 0.717) is 0 Å². The van der Waals surface area contributed by atoms with Gasteiger partial charge in [-0.05, 0) is 34.4 Å². The molecule has 0 bridgehead atoms. The summed E-state index contributed by atoms with van der Waals surface area (Å²) < 4.78 is 2.35. The minimum Gasteiger partial charge on any atom is -0.307 e. The van der Waals surface area contributed by atoms with Crippen LogP contribution in [-0.2, 0) is 0 Å². The predicted molar refractivity (Wildman–Crippen MR) is 114 cm³/mol.